The predicted octanol–water partition coefficient (Wildman–Crippen LogP) is 2.12. The maximum Gasteiger partial charge on any atom is 0.319 e. The van der Waals surface area contributed by atoms with E-state index < -0.39 is 0 Å². The quantitative estimate of drug-likeness (QED) is 0.578. The zero-order valence-electron chi connectivity index (χ0n) is 10.1. The number of methoxy groups -OCH3 is 1. The summed E-state index contributed by atoms with van der Waals surface area (Å²) in [5.74, 6) is -0.238. The van der Waals surface area contributed by atoms with E-state index in [1.54, 1.807) is 6.20 Å². The van der Waals surface area contributed by atoms with E-state index in [9.17, 15) is 4.79 Å². The van der Waals surface area contributed by atoms with Crippen LogP contribution in [0, 0.1) is 0 Å². The van der Waals surface area contributed by atoms with Crippen molar-refractivity contribution < 1.29 is 9.53 Å². The van der Waals surface area contributed by atoms with Crippen LogP contribution in [0.1, 0.15) is 18.9 Å². The van der Waals surface area contributed by atoms with E-state index in [1.165, 1.54) is 7.11 Å². The number of pyridine rings is 1. The van der Waals surface area contributed by atoms with E-state index in [1.807, 2.05) is 17.0 Å². The molecular weight excluding hydrogens is 240 g/mol. The molecular formula is C12H17ClN2O2. The van der Waals surface area contributed by atoms with Crippen LogP contribution in [0.5, 0.6) is 0 Å². The molecule has 1 aromatic heterocycles. The zero-order chi connectivity index (χ0) is 12.7. The number of hydrogen-bond acceptors (Lipinski definition) is 4. The Kier molecular flexibility index (Phi) is 5.94. The molecule has 0 radical (unpaired) electrons. The Labute approximate surface area is 107 Å². The van der Waals surface area contributed by atoms with Crippen molar-refractivity contribution in [1.82, 2.24) is 9.88 Å². The first-order chi connectivity index (χ1) is 8.17. The highest BCUT2D eigenvalue weighted by Crippen LogP contribution is 2.14. The van der Waals surface area contributed by atoms with Crippen LogP contribution in [0.3, 0.4) is 0 Å². The molecule has 5 heteroatoms. The van der Waals surface area contributed by atoms with Gasteiger partial charge in [0.2, 0.25) is 0 Å². The number of carbonyl (C=O) groups excluding carboxylic acids is 1. The molecule has 0 aliphatic heterocycles. The molecule has 0 saturated heterocycles. The third-order valence-electron chi connectivity index (χ3n) is 2.35. The number of carbonyl (C=O) groups is 1. The average Bonchev–Trinajstić information content (AvgIpc) is 2.32. The summed E-state index contributed by atoms with van der Waals surface area (Å²) < 4.78 is 4.67. The van der Waals surface area contributed by atoms with E-state index in [-0.39, 0.29) is 12.5 Å². The fourth-order valence-corrected chi connectivity index (χ4v) is 1.73. The molecule has 0 saturated carbocycles. The van der Waals surface area contributed by atoms with Gasteiger partial charge in [0, 0.05) is 18.3 Å². The Bertz CT molecular complexity index is 371. The standard InChI is InChI=1S/C12H17ClN2O2/c1-3-7-15(9-11(16)17-2)8-10-5-4-6-14-12(10)13/h4-6H,3,7-9H2,1-2H3. The third kappa shape index (κ3) is 4.71. The molecule has 0 aliphatic carbocycles. The molecule has 0 unspecified atom stereocenters. The second kappa shape index (κ2) is 7.25. The minimum Gasteiger partial charge on any atom is -0.468 e. The van der Waals surface area contributed by atoms with Gasteiger partial charge in [-0.1, -0.05) is 24.6 Å². The second-order valence-electron chi connectivity index (χ2n) is 3.74. The van der Waals surface area contributed by atoms with Gasteiger partial charge in [0.25, 0.3) is 0 Å². The van der Waals surface area contributed by atoms with Gasteiger partial charge < -0.3 is 4.74 Å². The molecule has 1 rings (SSSR count). The molecule has 4 nitrogen and oxygen atoms in total. The van der Waals surface area contributed by atoms with Gasteiger partial charge in [-0.3, -0.25) is 9.69 Å². The molecule has 0 spiro atoms. The van der Waals surface area contributed by atoms with Crippen LogP contribution in [0.15, 0.2) is 18.3 Å². The Morgan fingerprint density at radius 2 is 2.35 bits per heavy atom. The fraction of sp³-hybridized carbons (Fsp3) is 0.500. The molecule has 17 heavy (non-hydrogen) atoms. The third-order valence-corrected chi connectivity index (χ3v) is 2.69. The van der Waals surface area contributed by atoms with Crippen molar-refractivity contribution in [2.45, 2.75) is 19.9 Å². The minimum absolute atomic E-state index is 0.238. The van der Waals surface area contributed by atoms with Crippen LogP contribution in [-0.2, 0) is 16.1 Å². The van der Waals surface area contributed by atoms with Crippen molar-refractivity contribution in [3.05, 3.63) is 29.0 Å². The Morgan fingerprint density at radius 1 is 1.59 bits per heavy atom. The zero-order valence-corrected chi connectivity index (χ0v) is 10.9. The van der Waals surface area contributed by atoms with Crippen LogP contribution in [-0.4, -0.2) is 36.1 Å². The summed E-state index contributed by atoms with van der Waals surface area (Å²) in [6, 6.07) is 3.75. The molecule has 0 bridgehead atoms. The lowest BCUT2D eigenvalue weighted by atomic mass is 10.2. The predicted molar refractivity (Wildman–Crippen MR) is 66.8 cm³/mol. The summed E-state index contributed by atoms with van der Waals surface area (Å²) in [7, 11) is 1.39. The first kappa shape index (κ1) is 13.9. The van der Waals surface area contributed by atoms with Crippen molar-refractivity contribution in [2.24, 2.45) is 0 Å². The highest BCUT2D eigenvalue weighted by molar-refractivity contribution is 6.30. The van der Waals surface area contributed by atoms with Gasteiger partial charge in [0.05, 0.1) is 13.7 Å². The Balaban J connectivity index is 2.66. The molecule has 0 aliphatic rings. The number of esters is 1. The van der Waals surface area contributed by atoms with E-state index in [0.717, 1.165) is 18.5 Å². The lowest BCUT2D eigenvalue weighted by Gasteiger charge is -2.20. The van der Waals surface area contributed by atoms with Crippen LogP contribution in [0.2, 0.25) is 5.15 Å². The van der Waals surface area contributed by atoms with Crippen molar-refractivity contribution >= 4 is 17.6 Å². The molecule has 1 aromatic rings. The van der Waals surface area contributed by atoms with Gasteiger partial charge in [-0.05, 0) is 19.0 Å². The first-order valence-electron chi connectivity index (χ1n) is 5.56. The lowest BCUT2D eigenvalue weighted by Crippen LogP contribution is -2.31. The van der Waals surface area contributed by atoms with Crippen LogP contribution < -0.4 is 0 Å². The van der Waals surface area contributed by atoms with Crippen molar-refractivity contribution in [3.63, 3.8) is 0 Å². The summed E-state index contributed by atoms with van der Waals surface area (Å²) >= 11 is 5.98. The van der Waals surface area contributed by atoms with Gasteiger partial charge in [0.15, 0.2) is 0 Å². The highest BCUT2D eigenvalue weighted by Gasteiger charge is 2.12. The number of ether oxygens (including phenoxy) is 1. The van der Waals surface area contributed by atoms with E-state index in [4.69, 9.17) is 11.6 Å². The Morgan fingerprint density at radius 3 is 2.94 bits per heavy atom. The molecule has 0 N–H and O–H groups in total. The lowest BCUT2D eigenvalue weighted by molar-refractivity contribution is -0.142. The van der Waals surface area contributed by atoms with Crippen molar-refractivity contribution in [3.8, 4) is 0 Å². The second-order valence-corrected chi connectivity index (χ2v) is 4.10. The molecule has 0 atom stereocenters. The van der Waals surface area contributed by atoms with Crippen LogP contribution >= 0.6 is 11.6 Å². The SMILES string of the molecule is CCCN(CC(=O)OC)Cc1cccnc1Cl. The van der Waals surface area contributed by atoms with Crippen molar-refractivity contribution in [1.29, 1.82) is 0 Å². The molecule has 0 aromatic carbocycles. The van der Waals surface area contributed by atoms with Gasteiger partial charge in [-0.15, -0.1) is 0 Å². The molecule has 1 heterocycles. The van der Waals surface area contributed by atoms with Gasteiger partial charge in [-0.25, -0.2) is 4.98 Å². The van der Waals surface area contributed by atoms with E-state index >= 15 is 0 Å². The largest absolute Gasteiger partial charge is 0.468 e. The topological polar surface area (TPSA) is 42.4 Å². The number of hydrogen-bond donors (Lipinski definition) is 0. The van der Waals surface area contributed by atoms with Crippen LogP contribution in [0.4, 0.5) is 0 Å². The summed E-state index contributed by atoms with van der Waals surface area (Å²) in [6.45, 7) is 3.76. The maximum absolute atomic E-state index is 11.3. The average molecular weight is 257 g/mol. The summed E-state index contributed by atoms with van der Waals surface area (Å²) in [5.41, 5.74) is 0.923. The number of rotatable bonds is 6. The number of aromatic nitrogens is 1. The van der Waals surface area contributed by atoms with E-state index in [0.29, 0.717) is 11.7 Å². The van der Waals surface area contributed by atoms with Gasteiger partial charge in [0.1, 0.15) is 5.15 Å². The highest BCUT2D eigenvalue weighted by atomic mass is 35.5. The fourth-order valence-electron chi connectivity index (χ4n) is 1.56. The number of nitrogens with zero attached hydrogens (tertiary/aromatic N) is 2. The Hall–Kier alpha value is -1.13. The summed E-state index contributed by atoms with van der Waals surface area (Å²) in [5, 5.41) is 0.485. The smallest absolute Gasteiger partial charge is 0.319 e. The van der Waals surface area contributed by atoms with Gasteiger partial charge >= 0.3 is 5.97 Å². The number of halogens is 1. The maximum atomic E-state index is 11.3. The monoisotopic (exact) mass is 256 g/mol. The summed E-state index contributed by atoms with van der Waals surface area (Å²) in [6.07, 6.45) is 2.62. The van der Waals surface area contributed by atoms with Crippen LogP contribution in [0.25, 0.3) is 0 Å². The van der Waals surface area contributed by atoms with E-state index in [2.05, 4.69) is 16.6 Å². The normalized spacial score (nSPS) is 10.6. The molecule has 0 fully saturated rings. The molecule has 0 amide bonds. The van der Waals surface area contributed by atoms with Gasteiger partial charge in [-0.2, -0.15) is 0 Å². The molecule has 94 valence electrons. The minimum atomic E-state index is -0.238. The van der Waals surface area contributed by atoms with Crippen molar-refractivity contribution in [2.75, 3.05) is 20.2 Å². The summed E-state index contributed by atoms with van der Waals surface area (Å²) in [4.78, 5) is 17.3. The first-order valence-corrected chi connectivity index (χ1v) is 5.93.